The standard InChI is InChI=1S/C12H22N2O3/c1-3-12(6-8-13-9-12)11(16)14-7-5-10(15)17-4-2/h13H,3-9H2,1-2H3,(H,14,16). The quantitative estimate of drug-likeness (QED) is 0.663. The Balaban J connectivity index is 2.31. The summed E-state index contributed by atoms with van der Waals surface area (Å²) >= 11 is 0. The van der Waals surface area contributed by atoms with Crippen LogP contribution < -0.4 is 10.6 Å². The van der Waals surface area contributed by atoms with E-state index >= 15 is 0 Å². The molecule has 5 heteroatoms. The zero-order valence-electron chi connectivity index (χ0n) is 10.7. The molecule has 1 aliphatic rings. The second-order valence-electron chi connectivity index (χ2n) is 4.37. The van der Waals surface area contributed by atoms with Crippen LogP contribution in [0.4, 0.5) is 0 Å². The minimum absolute atomic E-state index is 0.0503. The Morgan fingerprint density at radius 3 is 2.71 bits per heavy atom. The van der Waals surface area contributed by atoms with E-state index in [1.54, 1.807) is 6.92 Å². The first-order valence-electron chi connectivity index (χ1n) is 6.29. The zero-order valence-corrected chi connectivity index (χ0v) is 10.7. The van der Waals surface area contributed by atoms with Gasteiger partial charge in [0.1, 0.15) is 0 Å². The summed E-state index contributed by atoms with van der Waals surface area (Å²) < 4.78 is 4.80. The van der Waals surface area contributed by atoms with E-state index in [9.17, 15) is 9.59 Å². The lowest BCUT2D eigenvalue weighted by atomic mass is 9.83. The minimum Gasteiger partial charge on any atom is -0.466 e. The van der Waals surface area contributed by atoms with E-state index in [-0.39, 0.29) is 23.7 Å². The van der Waals surface area contributed by atoms with Gasteiger partial charge in [-0.3, -0.25) is 9.59 Å². The molecule has 1 fully saturated rings. The molecule has 0 aromatic rings. The van der Waals surface area contributed by atoms with Crippen LogP contribution in [0.25, 0.3) is 0 Å². The van der Waals surface area contributed by atoms with Crippen LogP contribution >= 0.6 is 0 Å². The van der Waals surface area contributed by atoms with Gasteiger partial charge < -0.3 is 15.4 Å². The maximum Gasteiger partial charge on any atom is 0.307 e. The van der Waals surface area contributed by atoms with Crippen LogP contribution in [0.1, 0.15) is 33.1 Å². The number of hydrogen-bond acceptors (Lipinski definition) is 4. The molecule has 1 rings (SSSR count). The molecular formula is C12H22N2O3. The highest BCUT2D eigenvalue weighted by molar-refractivity contribution is 5.83. The molecule has 5 nitrogen and oxygen atoms in total. The van der Waals surface area contributed by atoms with Crippen molar-refractivity contribution in [2.75, 3.05) is 26.2 Å². The van der Waals surface area contributed by atoms with Gasteiger partial charge in [0.15, 0.2) is 0 Å². The molecule has 1 amide bonds. The van der Waals surface area contributed by atoms with E-state index in [2.05, 4.69) is 10.6 Å². The summed E-state index contributed by atoms with van der Waals surface area (Å²) in [6.07, 6.45) is 1.94. The molecule has 1 aliphatic heterocycles. The van der Waals surface area contributed by atoms with Gasteiger partial charge in [-0.15, -0.1) is 0 Å². The normalized spacial score (nSPS) is 23.4. The first-order valence-corrected chi connectivity index (χ1v) is 6.29. The lowest BCUT2D eigenvalue weighted by molar-refractivity contribution is -0.143. The molecule has 0 aromatic carbocycles. The molecule has 2 N–H and O–H groups in total. The van der Waals surface area contributed by atoms with Gasteiger partial charge >= 0.3 is 5.97 Å². The van der Waals surface area contributed by atoms with Crippen molar-refractivity contribution in [3.63, 3.8) is 0 Å². The molecule has 0 aromatic heterocycles. The van der Waals surface area contributed by atoms with Crippen LogP contribution in [-0.4, -0.2) is 38.1 Å². The molecule has 1 unspecified atom stereocenters. The van der Waals surface area contributed by atoms with E-state index in [0.29, 0.717) is 13.2 Å². The smallest absolute Gasteiger partial charge is 0.307 e. The number of ether oxygens (including phenoxy) is 1. The van der Waals surface area contributed by atoms with E-state index in [1.165, 1.54) is 0 Å². The summed E-state index contributed by atoms with van der Waals surface area (Å²) in [5, 5.41) is 6.04. The Hall–Kier alpha value is -1.10. The van der Waals surface area contributed by atoms with Crippen molar-refractivity contribution in [1.82, 2.24) is 10.6 Å². The molecule has 0 radical (unpaired) electrons. The third-order valence-corrected chi connectivity index (χ3v) is 3.32. The second kappa shape index (κ2) is 6.59. The van der Waals surface area contributed by atoms with Crippen LogP contribution in [0.15, 0.2) is 0 Å². The van der Waals surface area contributed by atoms with Crippen molar-refractivity contribution >= 4 is 11.9 Å². The third-order valence-electron chi connectivity index (χ3n) is 3.32. The zero-order chi connectivity index (χ0) is 12.7. The van der Waals surface area contributed by atoms with Crippen LogP contribution in [0.2, 0.25) is 0 Å². The molecule has 0 aliphatic carbocycles. The van der Waals surface area contributed by atoms with Gasteiger partial charge in [0.05, 0.1) is 18.4 Å². The monoisotopic (exact) mass is 242 g/mol. The average molecular weight is 242 g/mol. The Morgan fingerprint density at radius 2 is 2.18 bits per heavy atom. The number of nitrogens with one attached hydrogen (secondary N) is 2. The Bertz CT molecular complexity index is 273. The number of carbonyl (C=O) groups is 2. The van der Waals surface area contributed by atoms with E-state index in [4.69, 9.17) is 4.74 Å². The van der Waals surface area contributed by atoms with Crippen LogP contribution in [0.5, 0.6) is 0 Å². The summed E-state index contributed by atoms with van der Waals surface area (Å²) in [4.78, 5) is 23.1. The summed E-state index contributed by atoms with van der Waals surface area (Å²) in [5.41, 5.74) is -0.283. The Labute approximate surface area is 102 Å². The fourth-order valence-electron chi connectivity index (χ4n) is 2.10. The molecule has 1 heterocycles. The van der Waals surface area contributed by atoms with Crippen molar-refractivity contribution in [3.8, 4) is 0 Å². The van der Waals surface area contributed by atoms with Gasteiger partial charge in [-0.05, 0) is 26.3 Å². The van der Waals surface area contributed by atoms with Crippen LogP contribution in [-0.2, 0) is 14.3 Å². The number of esters is 1. The van der Waals surface area contributed by atoms with E-state index in [0.717, 1.165) is 25.9 Å². The molecule has 1 atom stereocenters. The molecule has 1 saturated heterocycles. The van der Waals surface area contributed by atoms with Gasteiger partial charge in [0.2, 0.25) is 5.91 Å². The fourth-order valence-corrected chi connectivity index (χ4v) is 2.10. The molecule has 0 bridgehead atoms. The lowest BCUT2D eigenvalue weighted by Gasteiger charge is -2.25. The maximum absolute atomic E-state index is 12.0. The maximum atomic E-state index is 12.0. The first kappa shape index (κ1) is 14.0. The van der Waals surface area contributed by atoms with Gasteiger partial charge in [-0.2, -0.15) is 0 Å². The SMILES string of the molecule is CCOC(=O)CCNC(=O)C1(CC)CCNC1. The largest absolute Gasteiger partial charge is 0.466 e. The average Bonchev–Trinajstić information content (AvgIpc) is 2.79. The van der Waals surface area contributed by atoms with E-state index in [1.807, 2.05) is 6.92 Å². The summed E-state index contributed by atoms with van der Waals surface area (Å²) in [6, 6.07) is 0. The van der Waals surface area contributed by atoms with Crippen LogP contribution in [0, 0.1) is 5.41 Å². The summed E-state index contributed by atoms with van der Waals surface area (Å²) in [5.74, 6) is -0.211. The fraction of sp³-hybridized carbons (Fsp3) is 0.833. The van der Waals surface area contributed by atoms with Crippen molar-refractivity contribution < 1.29 is 14.3 Å². The van der Waals surface area contributed by atoms with Crippen molar-refractivity contribution in [2.24, 2.45) is 5.41 Å². The number of hydrogen-bond donors (Lipinski definition) is 2. The molecular weight excluding hydrogens is 220 g/mol. The number of amides is 1. The Morgan fingerprint density at radius 1 is 1.41 bits per heavy atom. The first-order chi connectivity index (χ1) is 8.14. The number of rotatable bonds is 6. The van der Waals surface area contributed by atoms with Crippen molar-refractivity contribution in [2.45, 2.75) is 33.1 Å². The lowest BCUT2D eigenvalue weighted by Crippen LogP contribution is -2.42. The van der Waals surface area contributed by atoms with Gasteiger partial charge in [0.25, 0.3) is 0 Å². The predicted octanol–water partition coefficient (Wildman–Crippen LogP) is 0.445. The molecule has 0 saturated carbocycles. The van der Waals surface area contributed by atoms with Crippen LogP contribution in [0.3, 0.4) is 0 Å². The van der Waals surface area contributed by atoms with Gasteiger partial charge in [-0.25, -0.2) is 0 Å². The highest BCUT2D eigenvalue weighted by atomic mass is 16.5. The van der Waals surface area contributed by atoms with Crippen molar-refractivity contribution in [1.29, 1.82) is 0 Å². The highest BCUT2D eigenvalue weighted by Gasteiger charge is 2.39. The molecule has 0 spiro atoms. The third kappa shape index (κ3) is 3.70. The second-order valence-corrected chi connectivity index (χ2v) is 4.37. The van der Waals surface area contributed by atoms with Gasteiger partial charge in [0, 0.05) is 13.1 Å². The summed E-state index contributed by atoms with van der Waals surface area (Å²) in [7, 11) is 0. The number of carbonyl (C=O) groups excluding carboxylic acids is 2. The summed E-state index contributed by atoms with van der Waals surface area (Å²) in [6.45, 7) is 6.16. The topological polar surface area (TPSA) is 67.4 Å². The molecule has 98 valence electrons. The van der Waals surface area contributed by atoms with Crippen molar-refractivity contribution in [3.05, 3.63) is 0 Å². The van der Waals surface area contributed by atoms with Gasteiger partial charge in [-0.1, -0.05) is 6.92 Å². The minimum atomic E-state index is -0.283. The van der Waals surface area contributed by atoms with E-state index < -0.39 is 0 Å². The predicted molar refractivity (Wildman–Crippen MR) is 64.5 cm³/mol. The molecule has 17 heavy (non-hydrogen) atoms. The Kier molecular flexibility index (Phi) is 5.41. The highest BCUT2D eigenvalue weighted by Crippen LogP contribution is 2.29.